The summed E-state index contributed by atoms with van der Waals surface area (Å²) < 4.78 is 5.58. The molecule has 0 aliphatic carbocycles. The van der Waals surface area contributed by atoms with Gasteiger partial charge in [0.1, 0.15) is 6.10 Å². The van der Waals surface area contributed by atoms with E-state index >= 15 is 0 Å². The minimum absolute atomic E-state index is 0.0886. The maximum atomic E-state index is 12.3. The fourth-order valence-electron chi connectivity index (χ4n) is 3.64. The number of aryl methyl sites for hydroxylation is 1. The van der Waals surface area contributed by atoms with Crippen LogP contribution in [0.25, 0.3) is 0 Å². The number of hydrogen-bond donors (Lipinski definition) is 1. The van der Waals surface area contributed by atoms with Crippen LogP contribution in [0, 0.1) is 0 Å². The molecule has 1 aromatic carbocycles. The average Bonchev–Trinajstić information content (AvgIpc) is 2.63. The van der Waals surface area contributed by atoms with Crippen molar-refractivity contribution in [2.45, 2.75) is 77.7 Å². The molecule has 26 heavy (non-hydrogen) atoms. The maximum Gasteiger partial charge on any atom is 0.411 e. The minimum atomic E-state index is -0.340. The fourth-order valence-corrected chi connectivity index (χ4v) is 3.64. The molecule has 1 aromatic rings. The molecule has 0 aromatic heterocycles. The van der Waals surface area contributed by atoms with Crippen molar-refractivity contribution in [2.24, 2.45) is 0 Å². The number of likely N-dealkylation sites (tertiary alicyclic amines) is 1. The minimum Gasteiger partial charge on any atom is -0.445 e. The van der Waals surface area contributed by atoms with Crippen LogP contribution < -0.4 is 5.32 Å². The third-order valence-electron chi connectivity index (χ3n) is 5.08. The molecule has 0 radical (unpaired) electrons. The predicted octanol–water partition coefficient (Wildman–Crippen LogP) is 5.62. The van der Waals surface area contributed by atoms with E-state index in [4.69, 9.17) is 4.74 Å². The largest absolute Gasteiger partial charge is 0.445 e. The predicted molar refractivity (Wildman–Crippen MR) is 109 cm³/mol. The number of rotatable bonds is 10. The Hall–Kier alpha value is -1.55. The van der Waals surface area contributed by atoms with Crippen molar-refractivity contribution >= 4 is 11.8 Å². The van der Waals surface area contributed by atoms with Crippen molar-refractivity contribution in [2.75, 3.05) is 25.0 Å². The van der Waals surface area contributed by atoms with E-state index < -0.39 is 0 Å². The van der Waals surface area contributed by atoms with E-state index in [0.717, 1.165) is 31.7 Å². The molecule has 1 heterocycles. The number of para-hydroxylation sites is 1. The SMILES string of the molecule is CCCCCCCc1ccccc1NC(=O)O[C@@H](C)CN1CCCCC1. The third-order valence-corrected chi connectivity index (χ3v) is 5.08. The number of amides is 1. The smallest absolute Gasteiger partial charge is 0.411 e. The van der Waals surface area contributed by atoms with Gasteiger partial charge in [-0.15, -0.1) is 0 Å². The number of carbonyl (C=O) groups excluding carboxylic acids is 1. The Morgan fingerprint density at radius 1 is 1.12 bits per heavy atom. The van der Waals surface area contributed by atoms with Crippen LogP contribution in [0.1, 0.15) is 70.8 Å². The number of nitrogens with one attached hydrogen (secondary N) is 1. The Kier molecular flexibility index (Phi) is 9.54. The van der Waals surface area contributed by atoms with Crippen molar-refractivity contribution in [1.82, 2.24) is 4.90 Å². The Morgan fingerprint density at radius 3 is 2.62 bits per heavy atom. The first kappa shape index (κ1) is 20.8. The van der Waals surface area contributed by atoms with E-state index in [0.29, 0.717) is 0 Å². The Labute approximate surface area is 159 Å². The molecule has 0 saturated carbocycles. The number of carbonyl (C=O) groups is 1. The van der Waals surface area contributed by atoms with Crippen LogP contribution in [0.4, 0.5) is 10.5 Å². The molecule has 1 amide bonds. The lowest BCUT2D eigenvalue weighted by atomic mass is 10.0. The van der Waals surface area contributed by atoms with Gasteiger partial charge in [-0.05, 0) is 57.3 Å². The number of unbranched alkanes of at least 4 members (excludes halogenated alkanes) is 4. The highest BCUT2D eigenvalue weighted by atomic mass is 16.6. The van der Waals surface area contributed by atoms with E-state index in [1.807, 2.05) is 25.1 Å². The van der Waals surface area contributed by atoms with Gasteiger partial charge >= 0.3 is 6.09 Å². The lowest BCUT2D eigenvalue weighted by Crippen LogP contribution is -2.37. The molecule has 1 N–H and O–H groups in total. The molecule has 4 nitrogen and oxygen atoms in total. The molecule has 0 unspecified atom stereocenters. The van der Waals surface area contributed by atoms with E-state index in [1.54, 1.807) is 0 Å². The number of benzene rings is 1. The summed E-state index contributed by atoms with van der Waals surface area (Å²) in [6.07, 6.45) is 10.7. The summed E-state index contributed by atoms with van der Waals surface area (Å²) in [7, 11) is 0. The molecule has 0 spiro atoms. The summed E-state index contributed by atoms with van der Waals surface area (Å²) in [4.78, 5) is 14.7. The quantitative estimate of drug-likeness (QED) is 0.550. The zero-order valence-corrected chi connectivity index (χ0v) is 16.6. The molecule has 1 aliphatic rings. The molecular weight excluding hydrogens is 324 g/mol. The standard InChI is InChI=1S/C22H36N2O2/c1-3-4-5-6-8-13-20-14-9-10-15-21(20)23-22(25)26-19(2)18-24-16-11-7-12-17-24/h9-10,14-15,19H,3-8,11-13,16-18H2,1-2H3,(H,23,25)/t19-/m0/s1. The van der Waals surface area contributed by atoms with Crippen LogP contribution >= 0.6 is 0 Å². The fraction of sp³-hybridized carbons (Fsp3) is 0.682. The van der Waals surface area contributed by atoms with E-state index in [9.17, 15) is 4.79 Å². The van der Waals surface area contributed by atoms with Gasteiger partial charge in [-0.1, -0.05) is 57.2 Å². The van der Waals surface area contributed by atoms with Crippen LogP contribution in [-0.4, -0.2) is 36.7 Å². The number of nitrogens with zero attached hydrogens (tertiary/aromatic N) is 1. The van der Waals surface area contributed by atoms with Crippen molar-refractivity contribution in [1.29, 1.82) is 0 Å². The van der Waals surface area contributed by atoms with Crippen molar-refractivity contribution in [3.05, 3.63) is 29.8 Å². The second kappa shape index (κ2) is 11.9. The van der Waals surface area contributed by atoms with Crippen LogP contribution in [0.5, 0.6) is 0 Å². The highest BCUT2D eigenvalue weighted by Gasteiger charge is 2.17. The second-order valence-corrected chi connectivity index (χ2v) is 7.52. The Bertz CT molecular complexity index is 527. The zero-order chi connectivity index (χ0) is 18.6. The van der Waals surface area contributed by atoms with Gasteiger partial charge in [-0.3, -0.25) is 10.2 Å². The first-order valence-corrected chi connectivity index (χ1v) is 10.5. The average molecular weight is 361 g/mol. The molecule has 4 heteroatoms. The van der Waals surface area contributed by atoms with Crippen molar-refractivity contribution in [3.8, 4) is 0 Å². The molecule has 146 valence electrons. The second-order valence-electron chi connectivity index (χ2n) is 7.52. The number of ether oxygens (including phenoxy) is 1. The van der Waals surface area contributed by atoms with Gasteiger partial charge in [0.25, 0.3) is 0 Å². The monoisotopic (exact) mass is 360 g/mol. The molecule has 0 bridgehead atoms. The number of piperidine rings is 1. The van der Waals surface area contributed by atoms with Crippen LogP contribution in [0.3, 0.4) is 0 Å². The molecule has 1 saturated heterocycles. The van der Waals surface area contributed by atoms with Gasteiger partial charge in [0.15, 0.2) is 0 Å². The Balaban J connectivity index is 1.76. The van der Waals surface area contributed by atoms with Gasteiger partial charge in [-0.2, -0.15) is 0 Å². The molecule has 1 aliphatic heterocycles. The van der Waals surface area contributed by atoms with Crippen LogP contribution in [0.2, 0.25) is 0 Å². The number of anilines is 1. The highest BCUT2D eigenvalue weighted by Crippen LogP contribution is 2.19. The topological polar surface area (TPSA) is 41.6 Å². The van der Waals surface area contributed by atoms with E-state index in [-0.39, 0.29) is 12.2 Å². The normalized spacial score (nSPS) is 16.2. The first-order chi connectivity index (χ1) is 12.7. The summed E-state index contributed by atoms with van der Waals surface area (Å²) >= 11 is 0. The summed E-state index contributed by atoms with van der Waals surface area (Å²) in [6.45, 7) is 7.28. The van der Waals surface area contributed by atoms with Gasteiger partial charge in [-0.25, -0.2) is 4.79 Å². The summed E-state index contributed by atoms with van der Waals surface area (Å²) in [5.74, 6) is 0. The van der Waals surface area contributed by atoms with Gasteiger partial charge in [0, 0.05) is 12.2 Å². The van der Waals surface area contributed by atoms with Gasteiger partial charge in [0.2, 0.25) is 0 Å². The summed E-state index contributed by atoms with van der Waals surface area (Å²) in [5.41, 5.74) is 2.09. The lowest BCUT2D eigenvalue weighted by molar-refractivity contribution is 0.0833. The Morgan fingerprint density at radius 2 is 1.85 bits per heavy atom. The molecule has 1 atom stereocenters. The zero-order valence-electron chi connectivity index (χ0n) is 16.6. The van der Waals surface area contributed by atoms with Crippen molar-refractivity contribution < 1.29 is 9.53 Å². The molecule has 2 rings (SSSR count). The molecule has 1 fully saturated rings. The maximum absolute atomic E-state index is 12.3. The van der Waals surface area contributed by atoms with E-state index in [1.165, 1.54) is 56.9 Å². The summed E-state index contributed by atoms with van der Waals surface area (Å²) in [6, 6.07) is 8.08. The lowest BCUT2D eigenvalue weighted by Gasteiger charge is -2.28. The van der Waals surface area contributed by atoms with Crippen LogP contribution in [0.15, 0.2) is 24.3 Å². The molecular formula is C22H36N2O2. The van der Waals surface area contributed by atoms with E-state index in [2.05, 4.69) is 23.2 Å². The highest BCUT2D eigenvalue weighted by molar-refractivity contribution is 5.85. The van der Waals surface area contributed by atoms with Gasteiger partial charge < -0.3 is 4.74 Å². The number of hydrogen-bond acceptors (Lipinski definition) is 3. The van der Waals surface area contributed by atoms with Gasteiger partial charge in [0.05, 0.1) is 0 Å². The van der Waals surface area contributed by atoms with Crippen LogP contribution in [-0.2, 0) is 11.2 Å². The third kappa shape index (κ3) is 7.77. The summed E-state index contributed by atoms with van der Waals surface area (Å²) in [5, 5.41) is 2.95. The first-order valence-electron chi connectivity index (χ1n) is 10.5. The van der Waals surface area contributed by atoms with Crippen molar-refractivity contribution in [3.63, 3.8) is 0 Å².